The van der Waals surface area contributed by atoms with Crippen LogP contribution < -0.4 is 20.1 Å². The zero-order chi connectivity index (χ0) is 28.8. The zero-order valence-corrected chi connectivity index (χ0v) is 21.9. The first kappa shape index (κ1) is 27.1. The number of urea groups is 1. The minimum Gasteiger partial charge on any atom is -0.467 e. The van der Waals surface area contributed by atoms with Gasteiger partial charge in [0.15, 0.2) is 0 Å². The molecule has 41 heavy (non-hydrogen) atoms. The van der Waals surface area contributed by atoms with Crippen molar-refractivity contribution in [2.24, 2.45) is 0 Å². The highest BCUT2D eigenvalue weighted by molar-refractivity contribution is 6.21. The summed E-state index contributed by atoms with van der Waals surface area (Å²) in [5, 5.41) is 13.1. The van der Waals surface area contributed by atoms with Gasteiger partial charge in [-0.2, -0.15) is 5.26 Å². The molecule has 206 valence electrons. The van der Waals surface area contributed by atoms with Crippen molar-refractivity contribution in [1.82, 2.24) is 15.6 Å². The van der Waals surface area contributed by atoms with Crippen molar-refractivity contribution in [3.8, 4) is 46.0 Å². The predicted molar refractivity (Wildman–Crippen MR) is 145 cm³/mol. The summed E-state index contributed by atoms with van der Waals surface area (Å²) < 4.78 is 22.7. The Labute approximate surface area is 234 Å². The van der Waals surface area contributed by atoms with Crippen LogP contribution in [-0.4, -0.2) is 41.6 Å². The minimum absolute atomic E-state index is 0.0764. The lowest BCUT2D eigenvalue weighted by molar-refractivity contribution is -0.153. The van der Waals surface area contributed by atoms with Gasteiger partial charge in [0.2, 0.25) is 5.89 Å². The van der Waals surface area contributed by atoms with Crippen molar-refractivity contribution < 1.29 is 33.0 Å². The van der Waals surface area contributed by atoms with Crippen molar-refractivity contribution in [2.75, 3.05) is 13.2 Å². The summed E-state index contributed by atoms with van der Waals surface area (Å²) in [6.45, 7) is 2.25. The number of oxazole rings is 1. The number of nitrogens with one attached hydrogen (secondary N) is 2. The van der Waals surface area contributed by atoms with Crippen molar-refractivity contribution in [3.63, 3.8) is 0 Å². The van der Waals surface area contributed by atoms with Gasteiger partial charge < -0.3 is 18.6 Å². The number of rotatable bonds is 10. The molecule has 0 radical (unpaired) electrons. The number of benzene rings is 3. The molecule has 0 atom stereocenters. The average molecular weight is 553 g/mol. The Morgan fingerprint density at radius 1 is 0.854 bits per heavy atom. The van der Waals surface area contributed by atoms with Gasteiger partial charge in [-0.1, -0.05) is 12.1 Å². The molecular formula is C30H24N4O7. The van der Waals surface area contributed by atoms with Gasteiger partial charge >= 0.3 is 6.03 Å². The monoisotopic (exact) mass is 552 g/mol. The number of barbiturate groups is 1. The molecule has 1 fully saturated rings. The fourth-order valence-electron chi connectivity index (χ4n) is 4.11. The normalized spacial score (nSPS) is 14.1. The van der Waals surface area contributed by atoms with Crippen molar-refractivity contribution in [3.05, 3.63) is 84.6 Å². The highest BCUT2D eigenvalue weighted by atomic mass is 16.5. The van der Waals surface area contributed by atoms with Crippen LogP contribution in [0.25, 0.3) is 22.7 Å². The second-order valence-electron chi connectivity index (χ2n) is 8.94. The van der Waals surface area contributed by atoms with E-state index in [1.807, 2.05) is 24.3 Å². The van der Waals surface area contributed by atoms with E-state index in [0.717, 1.165) is 11.1 Å². The Morgan fingerprint density at radius 3 is 2.05 bits per heavy atom. The quantitative estimate of drug-likeness (QED) is 0.213. The van der Waals surface area contributed by atoms with E-state index in [9.17, 15) is 14.4 Å². The van der Waals surface area contributed by atoms with Crippen LogP contribution in [0.2, 0.25) is 0 Å². The molecular weight excluding hydrogens is 528 g/mol. The molecule has 1 aromatic heterocycles. The molecule has 1 aliphatic rings. The van der Waals surface area contributed by atoms with Crippen LogP contribution in [0.15, 0.2) is 83.5 Å². The Kier molecular flexibility index (Phi) is 7.76. The number of ether oxygens (including phenoxy) is 3. The second-order valence-corrected chi connectivity index (χ2v) is 8.94. The summed E-state index contributed by atoms with van der Waals surface area (Å²) in [4.78, 5) is 41.4. The van der Waals surface area contributed by atoms with Gasteiger partial charge in [0, 0.05) is 24.2 Å². The summed E-state index contributed by atoms with van der Waals surface area (Å²) in [5.74, 6) is -0.0127. The van der Waals surface area contributed by atoms with Gasteiger partial charge in [-0.25, -0.2) is 9.78 Å². The maximum absolute atomic E-state index is 12.7. The lowest BCUT2D eigenvalue weighted by atomic mass is 9.95. The Balaban J connectivity index is 1.25. The van der Waals surface area contributed by atoms with Crippen molar-refractivity contribution >= 4 is 17.8 Å². The van der Waals surface area contributed by atoms with E-state index >= 15 is 0 Å². The van der Waals surface area contributed by atoms with E-state index in [0.29, 0.717) is 35.3 Å². The van der Waals surface area contributed by atoms with Crippen molar-refractivity contribution in [1.29, 1.82) is 5.26 Å². The highest BCUT2D eigenvalue weighted by Crippen LogP contribution is 2.30. The number of hydrogen-bond donors (Lipinski definition) is 2. The fourth-order valence-corrected chi connectivity index (χ4v) is 4.11. The van der Waals surface area contributed by atoms with E-state index in [2.05, 4.69) is 21.7 Å². The largest absolute Gasteiger partial charge is 0.467 e. The molecule has 4 amide bonds. The summed E-state index contributed by atoms with van der Waals surface area (Å²) in [5.41, 5.74) is 0.854. The Hall–Kier alpha value is -5.47. The van der Waals surface area contributed by atoms with Crippen LogP contribution in [0.3, 0.4) is 0 Å². The fraction of sp³-hybridized carbons (Fsp3) is 0.167. The molecule has 5 rings (SSSR count). The molecule has 3 aromatic carbocycles. The maximum Gasteiger partial charge on any atom is 0.328 e. The average Bonchev–Trinajstić information content (AvgIpc) is 3.48. The van der Waals surface area contributed by atoms with Gasteiger partial charge in [-0.15, -0.1) is 0 Å². The Morgan fingerprint density at radius 2 is 1.44 bits per heavy atom. The first-order valence-electron chi connectivity index (χ1n) is 12.7. The van der Waals surface area contributed by atoms with E-state index < -0.39 is 23.4 Å². The molecule has 2 heterocycles. The number of imide groups is 2. The smallest absolute Gasteiger partial charge is 0.328 e. The Bertz CT molecular complexity index is 1580. The number of hydrogen-bond acceptors (Lipinski definition) is 9. The van der Waals surface area contributed by atoms with E-state index in [4.69, 9.17) is 23.9 Å². The van der Waals surface area contributed by atoms with Crippen LogP contribution in [0.1, 0.15) is 18.9 Å². The van der Waals surface area contributed by atoms with Gasteiger partial charge in [-0.05, 0) is 67.6 Å². The molecule has 0 unspecified atom stereocenters. The van der Waals surface area contributed by atoms with Gasteiger partial charge in [0.05, 0.1) is 18.2 Å². The molecule has 1 saturated heterocycles. The summed E-state index contributed by atoms with van der Waals surface area (Å²) in [6, 6.07) is 21.8. The summed E-state index contributed by atoms with van der Waals surface area (Å²) in [6.07, 6.45) is 1.47. The minimum atomic E-state index is -1.96. The van der Waals surface area contributed by atoms with E-state index in [1.54, 1.807) is 61.7 Å². The summed E-state index contributed by atoms with van der Waals surface area (Å²) in [7, 11) is 0. The number of nitrogens with zero attached hydrogens (tertiary/aromatic N) is 2. The molecule has 0 aliphatic carbocycles. The van der Waals surface area contributed by atoms with Crippen LogP contribution >= 0.6 is 0 Å². The third-order valence-electron chi connectivity index (χ3n) is 6.26. The number of carbonyl (C=O) groups excluding carboxylic acids is 3. The lowest BCUT2D eigenvalue weighted by Gasteiger charge is -2.34. The molecule has 4 aromatic rings. The summed E-state index contributed by atoms with van der Waals surface area (Å²) >= 11 is 0. The molecule has 1 aliphatic heterocycles. The number of aromatic nitrogens is 1. The number of amides is 4. The van der Waals surface area contributed by atoms with Crippen LogP contribution in [-0.2, 0) is 14.3 Å². The first-order chi connectivity index (χ1) is 19.9. The molecule has 11 heteroatoms. The van der Waals surface area contributed by atoms with Crippen LogP contribution in [0, 0.1) is 11.3 Å². The second kappa shape index (κ2) is 11.7. The third kappa shape index (κ3) is 5.93. The molecule has 0 bridgehead atoms. The predicted octanol–water partition coefficient (Wildman–Crippen LogP) is 4.58. The lowest BCUT2D eigenvalue weighted by Crippen LogP contribution is -2.69. The van der Waals surface area contributed by atoms with Crippen LogP contribution in [0.4, 0.5) is 4.79 Å². The SMILES string of the molecule is CCOCCC1(Oc2ccc(Oc3ccc(-c4nc(-c5ccc(C#N)cc5)co4)cc3)cc2)C(=O)NC(=O)NC1=O. The highest BCUT2D eigenvalue weighted by Gasteiger charge is 2.52. The zero-order valence-electron chi connectivity index (χ0n) is 21.9. The third-order valence-corrected chi connectivity index (χ3v) is 6.26. The maximum atomic E-state index is 12.7. The standard InChI is InChI=1S/C30H24N4O7/c1-2-38-16-15-30(27(35)33-29(37)34-28(30)36)41-24-13-11-23(12-14-24)40-22-9-7-21(8-10-22)26-32-25(18-39-26)20-5-3-19(17-31)4-6-20/h3-14,18H,2,15-16H2,1H3,(H2,33,34,35,36,37). The first-order valence-corrected chi connectivity index (χ1v) is 12.7. The molecule has 0 spiro atoms. The van der Waals surface area contributed by atoms with Crippen LogP contribution in [0.5, 0.6) is 17.2 Å². The molecule has 2 N–H and O–H groups in total. The molecule has 0 saturated carbocycles. The number of carbonyl (C=O) groups is 3. The van der Waals surface area contributed by atoms with E-state index in [-0.39, 0.29) is 18.8 Å². The van der Waals surface area contributed by atoms with Gasteiger partial charge in [-0.3, -0.25) is 20.2 Å². The van der Waals surface area contributed by atoms with Gasteiger partial charge in [0.25, 0.3) is 17.4 Å². The van der Waals surface area contributed by atoms with Gasteiger partial charge in [0.1, 0.15) is 29.2 Å². The molecule has 11 nitrogen and oxygen atoms in total. The topological polar surface area (TPSA) is 153 Å². The number of nitriles is 1. The van der Waals surface area contributed by atoms with E-state index in [1.165, 1.54) is 0 Å². The van der Waals surface area contributed by atoms with Crippen molar-refractivity contribution in [2.45, 2.75) is 18.9 Å².